The molecule has 174 valence electrons. The highest BCUT2D eigenvalue weighted by Gasteiger charge is 2.25. The molecule has 8 heteroatoms. The highest BCUT2D eigenvalue weighted by molar-refractivity contribution is 7.78. The molecule has 4 rings (SSSR count). The molecule has 0 radical (unpaired) electrons. The Hall–Kier alpha value is -2.22. The molecule has 2 amide bonds. The summed E-state index contributed by atoms with van der Waals surface area (Å²) in [5.41, 5.74) is 0.946. The highest BCUT2D eigenvalue weighted by atomic mass is 32.1. The molecule has 32 heavy (non-hydrogen) atoms. The van der Waals surface area contributed by atoms with Gasteiger partial charge in [-0.2, -0.15) is 4.98 Å². The van der Waals surface area contributed by atoms with Crippen LogP contribution in [0.4, 0.5) is 16.6 Å². The minimum absolute atomic E-state index is 0.0520. The first-order valence-electron chi connectivity index (χ1n) is 12.0. The molecule has 1 heterocycles. The molecule has 2 aromatic rings. The number of fused-ring (bicyclic) bond motifs is 1. The van der Waals surface area contributed by atoms with E-state index >= 15 is 0 Å². The number of nitrogens with zero attached hydrogens (tertiary/aromatic N) is 4. The summed E-state index contributed by atoms with van der Waals surface area (Å²) in [7, 11) is 4.01. The van der Waals surface area contributed by atoms with Crippen molar-refractivity contribution < 1.29 is 4.79 Å². The third kappa shape index (κ3) is 5.77. The number of hydrogen-bond acceptors (Lipinski definition) is 6. The Morgan fingerprint density at radius 1 is 1.00 bits per heavy atom. The number of amides is 2. The van der Waals surface area contributed by atoms with Crippen LogP contribution in [0.3, 0.4) is 0 Å². The quantitative estimate of drug-likeness (QED) is 0.542. The van der Waals surface area contributed by atoms with Crippen molar-refractivity contribution >= 4 is 41.5 Å². The SMILES string of the molecule is CN(C)c1nc(NC2CCC(NC(=O)N(S)CC3CCCCC3)CC2)nc2ccccc12. The first-order valence-corrected chi connectivity index (χ1v) is 12.4. The van der Waals surface area contributed by atoms with Crippen LogP contribution in [0, 0.1) is 5.92 Å². The molecule has 1 aromatic carbocycles. The van der Waals surface area contributed by atoms with Gasteiger partial charge in [-0.05, 0) is 56.6 Å². The summed E-state index contributed by atoms with van der Waals surface area (Å²) < 4.78 is 1.59. The van der Waals surface area contributed by atoms with Crippen LogP contribution in [-0.2, 0) is 0 Å². The second kappa shape index (κ2) is 10.6. The van der Waals surface area contributed by atoms with E-state index in [-0.39, 0.29) is 12.1 Å². The van der Waals surface area contributed by atoms with Crippen LogP contribution in [0.5, 0.6) is 0 Å². The molecule has 2 fully saturated rings. The van der Waals surface area contributed by atoms with Gasteiger partial charge in [0.2, 0.25) is 5.95 Å². The van der Waals surface area contributed by atoms with Crippen molar-refractivity contribution in [3.8, 4) is 0 Å². The van der Waals surface area contributed by atoms with E-state index in [0.717, 1.165) is 48.9 Å². The Morgan fingerprint density at radius 2 is 1.69 bits per heavy atom. The number of carbonyl (C=O) groups is 1. The minimum Gasteiger partial charge on any atom is -0.362 e. The maximum Gasteiger partial charge on any atom is 0.327 e. The van der Waals surface area contributed by atoms with Crippen LogP contribution in [0.15, 0.2) is 24.3 Å². The highest BCUT2D eigenvalue weighted by Crippen LogP contribution is 2.27. The van der Waals surface area contributed by atoms with E-state index in [1.807, 2.05) is 37.2 Å². The summed E-state index contributed by atoms with van der Waals surface area (Å²) in [6.07, 6.45) is 10.2. The second-order valence-electron chi connectivity index (χ2n) is 9.51. The Kier molecular flexibility index (Phi) is 7.60. The third-order valence-electron chi connectivity index (χ3n) is 6.79. The van der Waals surface area contributed by atoms with Gasteiger partial charge in [0.15, 0.2) is 0 Å². The fraction of sp³-hybridized carbons (Fsp3) is 0.625. The van der Waals surface area contributed by atoms with Gasteiger partial charge in [-0.1, -0.05) is 44.2 Å². The number of urea groups is 1. The number of nitrogens with one attached hydrogen (secondary N) is 2. The van der Waals surface area contributed by atoms with E-state index in [9.17, 15) is 4.79 Å². The topological polar surface area (TPSA) is 73.4 Å². The van der Waals surface area contributed by atoms with Crippen LogP contribution >= 0.6 is 12.8 Å². The number of thiol groups is 1. The predicted octanol–water partition coefficient (Wildman–Crippen LogP) is 4.86. The summed E-state index contributed by atoms with van der Waals surface area (Å²) in [5.74, 6) is 2.20. The largest absolute Gasteiger partial charge is 0.362 e. The van der Waals surface area contributed by atoms with Gasteiger partial charge in [0.1, 0.15) is 5.82 Å². The first-order chi connectivity index (χ1) is 15.5. The van der Waals surface area contributed by atoms with Crippen molar-refractivity contribution in [2.45, 2.75) is 69.9 Å². The Labute approximate surface area is 196 Å². The lowest BCUT2D eigenvalue weighted by Gasteiger charge is -2.32. The van der Waals surface area contributed by atoms with E-state index in [0.29, 0.717) is 17.9 Å². The van der Waals surface area contributed by atoms with Gasteiger partial charge >= 0.3 is 6.03 Å². The van der Waals surface area contributed by atoms with E-state index in [2.05, 4.69) is 29.5 Å². The minimum atomic E-state index is -0.0520. The second-order valence-corrected chi connectivity index (χ2v) is 9.99. The van der Waals surface area contributed by atoms with Gasteiger partial charge in [-0.3, -0.25) is 4.31 Å². The third-order valence-corrected chi connectivity index (χ3v) is 7.13. The molecule has 0 aliphatic heterocycles. The van der Waals surface area contributed by atoms with Crippen molar-refractivity contribution in [2.24, 2.45) is 5.92 Å². The molecule has 2 aliphatic carbocycles. The van der Waals surface area contributed by atoms with Gasteiger partial charge in [-0.15, -0.1) is 0 Å². The Balaban J connectivity index is 1.28. The molecular formula is C24H36N6OS. The van der Waals surface area contributed by atoms with E-state index in [1.165, 1.54) is 32.1 Å². The van der Waals surface area contributed by atoms with E-state index in [4.69, 9.17) is 9.97 Å². The Morgan fingerprint density at radius 3 is 2.41 bits per heavy atom. The zero-order valence-electron chi connectivity index (χ0n) is 19.3. The van der Waals surface area contributed by atoms with Crippen molar-refractivity contribution in [3.05, 3.63) is 24.3 Å². The fourth-order valence-corrected chi connectivity index (χ4v) is 5.26. The van der Waals surface area contributed by atoms with E-state index < -0.39 is 0 Å². The number of benzene rings is 1. The maximum absolute atomic E-state index is 12.6. The van der Waals surface area contributed by atoms with E-state index in [1.54, 1.807) is 4.31 Å². The standard InChI is InChI=1S/C24H36N6OS/c1-29(2)22-20-10-6-7-11-21(20)27-23(28-22)25-18-12-14-19(15-13-18)26-24(31)30(32)16-17-8-4-3-5-9-17/h6-7,10-11,17-19,32H,3-5,8-9,12-16H2,1-2H3,(H,26,31)(H,25,27,28). The molecule has 2 saturated carbocycles. The number of aromatic nitrogens is 2. The van der Waals surface area contributed by atoms with Crippen LogP contribution in [0.25, 0.3) is 10.9 Å². The predicted molar refractivity (Wildman–Crippen MR) is 134 cm³/mol. The molecule has 2 aliphatic rings. The fourth-order valence-electron chi connectivity index (χ4n) is 4.98. The van der Waals surface area contributed by atoms with Crippen LogP contribution in [0.2, 0.25) is 0 Å². The Bertz CT molecular complexity index is 908. The van der Waals surface area contributed by atoms with Gasteiger partial charge < -0.3 is 15.5 Å². The molecule has 0 spiro atoms. The molecule has 0 saturated heterocycles. The first kappa shape index (κ1) is 23.0. The van der Waals surface area contributed by atoms with Crippen LogP contribution in [-0.4, -0.2) is 53.0 Å². The van der Waals surface area contributed by atoms with Gasteiger partial charge in [-0.25, -0.2) is 9.78 Å². The molecular weight excluding hydrogens is 420 g/mol. The number of para-hydroxylation sites is 1. The monoisotopic (exact) mass is 456 g/mol. The summed E-state index contributed by atoms with van der Waals surface area (Å²) in [6, 6.07) is 8.57. The van der Waals surface area contributed by atoms with Crippen LogP contribution in [0.1, 0.15) is 57.8 Å². The number of carbonyl (C=O) groups excluding carboxylic acids is 1. The summed E-state index contributed by atoms with van der Waals surface area (Å²) >= 11 is 4.46. The lowest BCUT2D eigenvalue weighted by molar-refractivity contribution is 0.208. The maximum atomic E-state index is 12.6. The molecule has 0 bridgehead atoms. The van der Waals surface area contributed by atoms with Crippen molar-refractivity contribution in [2.75, 3.05) is 30.9 Å². The van der Waals surface area contributed by atoms with Gasteiger partial charge in [0.05, 0.1) is 5.52 Å². The molecule has 1 aromatic heterocycles. The van der Waals surface area contributed by atoms with Crippen molar-refractivity contribution in [3.63, 3.8) is 0 Å². The van der Waals surface area contributed by atoms with Crippen molar-refractivity contribution in [1.29, 1.82) is 0 Å². The zero-order chi connectivity index (χ0) is 22.5. The summed E-state index contributed by atoms with van der Waals surface area (Å²) in [6.45, 7) is 0.749. The van der Waals surface area contributed by atoms with Crippen LogP contribution < -0.4 is 15.5 Å². The normalized spacial score (nSPS) is 21.8. The average molecular weight is 457 g/mol. The number of anilines is 2. The summed E-state index contributed by atoms with van der Waals surface area (Å²) in [5, 5.41) is 7.77. The van der Waals surface area contributed by atoms with Gasteiger partial charge in [0.25, 0.3) is 0 Å². The zero-order valence-corrected chi connectivity index (χ0v) is 20.2. The average Bonchev–Trinajstić information content (AvgIpc) is 2.80. The molecule has 7 nitrogen and oxygen atoms in total. The molecule has 0 unspecified atom stereocenters. The smallest absolute Gasteiger partial charge is 0.327 e. The molecule has 2 N–H and O–H groups in total. The van der Waals surface area contributed by atoms with Crippen molar-refractivity contribution in [1.82, 2.24) is 19.6 Å². The lowest BCUT2D eigenvalue weighted by atomic mass is 9.89. The molecule has 0 atom stereocenters. The lowest BCUT2D eigenvalue weighted by Crippen LogP contribution is -2.45. The number of rotatable bonds is 6. The summed E-state index contributed by atoms with van der Waals surface area (Å²) in [4.78, 5) is 24.1. The van der Waals surface area contributed by atoms with Gasteiger partial charge in [0, 0.05) is 38.1 Å². The number of hydrogen-bond donors (Lipinski definition) is 3.